The first kappa shape index (κ1) is 23.7. The highest BCUT2D eigenvalue weighted by molar-refractivity contribution is 8.06. The second-order valence-corrected chi connectivity index (χ2v) is 11.9. The van der Waals surface area contributed by atoms with E-state index >= 15 is 0 Å². The van der Waals surface area contributed by atoms with Gasteiger partial charge in [-0.2, -0.15) is 0 Å². The Kier molecular flexibility index (Phi) is 7.62. The quantitative estimate of drug-likeness (QED) is 0.433. The summed E-state index contributed by atoms with van der Waals surface area (Å²) in [5, 5.41) is 2.34. The molecule has 1 atom stereocenters. The highest BCUT2D eigenvalue weighted by Crippen LogP contribution is 2.46. The zero-order valence-corrected chi connectivity index (χ0v) is 21.1. The normalized spacial score (nSPS) is 23.8. The van der Waals surface area contributed by atoms with Gasteiger partial charge in [0.05, 0.1) is 0 Å². The van der Waals surface area contributed by atoms with Crippen LogP contribution in [0.4, 0.5) is 0 Å². The van der Waals surface area contributed by atoms with E-state index in [9.17, 15) is 0 Å². The molecule has 1 aliphatic carbocycles. The molecule has 1 saturated heterocycles. The summed E-state index contributed by atoms with van der Waals surface area (Å²) < 4.78 is 0. The van der Waals surface area contributed by atoms with Gasteiger partial charge in [-0.25, -0.2) is 0 Å². The van der Waals surface area contributed by atoms with E-state index < -0.39 is 0 Å². The molecule has 1 aliphatic heterocycles. The van der Waals surface area contributed by atoms with Crippen LogP contribution >= 0.6 is 11.8 Å². The smallest absolute Gasteiger partial charge is 0.00552 e. The van der Waals surface area contributed by atoms with Crippen molar-refractivity contribution in [1.82, 2.24) is 4.90 Å². The summed E-state index contributed by atoms with van der Waals surface area (Å²) in [6.45, 7) is 22.3. The van der Waals surface area contributed by atoms with Crippen molar-refractivity contribution in [2.24, 2.45) is 5.92 Å². The predicted octanol–water partition coefficient (Wildman–Crippen LogP) is 8.16. The molecule has 2 aliphatic rings. The predicted molar refractivity (Wildman–Crippen MR) is 136 cm³/mol. The molecule has 0 N–H and O–H groups in total. The number of hydrogen-bond donors (Lipinski definition) is 0. The Labute approximate surface area is 190 Å². The number of thioether (sulfide) groups is 1. The van der Waals surface area contributed by atoms with Gasteiger partial charge >= 0.3 is 0 Å². The lowest BCUT2D eigenvalue weighted by Gasteiger charge is -2.42. The number of unbranched alkanes of at least 4 members (excludes halogenated alkanes) is 1. The van der Waals surface area contributed by atoms with E-state index in [0.29, 0.717) is 5.92 Å². The third-order valence-corrected chi connectivity index (χ3v) is 8.59. The van der Waals surface area contributed by atoms with Gasteiger partial charge in [0.15, 0.2) is 0 Å². The fourth-order valence-electron chi connectivity index (χ4n) is 5.07. The topological polar surface area (TPSA) is 3.24 Å². The van der Waals surface area contributed by atoms with Crippen LogP contribution in [0.5, 0.6) is 0 Å². The Balaban J connectivity index is 1.69. The average Bonchev–Trinajstić information content (AvgIpc) is 2.73. The maximum absolute atomic E-state index is 4.46. The monoisotopic (exact) mass is 425 g/mol. The minimum atomic E-state index is 0.266. The number of hydrogen-bond acceptors (Lipinski definition) is 2. The molecule has 0 bridgehead atoms. The van der Waals surface area contributed by atoms with E-state index in [4.69, 9.17) is 0 Å². The first-order chi connectivity index (χ1) is 14.1. The van der Waals surface area contributed by atoms with Gasteiger partial charge in [-0.3, -0.25) is 0 Å². The number of nitrogens with zero attached hydrogens (tertiary/aromatic N) is 1. The number of allylic oxidation sites excluding steroid dienone is 1. The van der Waals surface area contributed by atoms with Crippen LogP contribution in [0.1, 0.15) is 96.8 Å². The molecule has 0 radical (unpaired) electrons. The summed E-state index contributed by atoms with van der Waals surface area (Å²) >= 11 is 1.87. The molecule has 166 valence electrons. The van der Waals surface area contributed by atoms with Crippen molar-refractivity contribution in [3.8, 4) is 0 Å². The summed E-state index contributed by atoms with van der Waals surface area (Å²) in [6.07, 6.45) is 7.74. The van der Waals surface area contributed by atoms with E-state index in [-0.39, 0.29) is 10.8 Å². The second kappa shape index (κ2) is 9.65. The fraction of sp³-hybridized carbons (Fsp3) is 0.643. The van der Waals surface area contributed by atoms with E-state index in [2.05, 4.69) is 76.6 Å². The summed E-state index contributed by atoms with van der Waals surface area (Å²) in [5.41, 5.74) is 6.37. The minimum absolute atomic E-state index is 0.266. The molecular formula is C28H43NS. The van der Waals surface area contributed by atoms with Crippen molar-refractivity contribution in [1.29, 1.82) is 0 Å². The van der Waals surface area contributed by atoms with Gasteiger partial charge < -0.3 is 4.90 Å². The van der Waals surface area contributed by atoms with Gasteiger partial charge in [-0.1, -0.05) is 65.8 Å². The van der Waals surface area contributed by atoms with Crippen molar-refractivity contribution in [3.63, 3.8) is 0 Å². The molecule has 3 rings (SSSR count). The molecule has 0 saturated carbocycles. The van der Waals surface area contributed by atoms with Gasteiger partial charge in [0, 0.05) is 12.5 Å². The number of likely N-dealkylation sites (tertiary alicyclic amines) is 1. The molecule has 30 heavy (non-hydrogen) atoms. The largest absolute Gasteiger partial charge is 0.303 e. The molecule has 0 spiro atoms. The van der Waals surface area contributed by atoms with E-state index in [1.807, 2.05) is 11.8 Å². The third kappa shape index (κ3) is 5.43. The summed E-state index contributed by atoms with van der Waals surface area (Å²) in [7, 11) is 0. The van der Waals surface area contributed by atoms with E-state index in [1.165, 1.54) is 74.2 Å². The Hall–Kier alpha value is -0.990. The van der Waals surface area contributed by atoms with Crippen molar-refractivity contribution in [2.75, 3.05) is 19.6 Å². The van der Waals surface area contributed by atoms with Crippen LogP contribution in [0.15, 0.2) is 35.1 Å². The standard InChI is InChI=1S/C28H43NS/c1-8-9-16-29-17-10-11-24(19-29)22(3)30-20-21(2)23-12-13-25-26(18-23)28(6,7)15-14-27(25,4)5/h12-13,18,20,24H,3,8-11,14-17,19H2,1-2,4-7H3/b21-20+. The molecule has 1 aromatic carbocycles. The highest BCUT2D eigenvalue weighted by Gasteiger charge is 2.36. The zero-order valence-electron chi connectivity index (χ0n) is 20.3. The van der Waals surface area contributed by atoms with E-state index in [1.54, 1.807) is 11.1 Å². The Morgan fingerprint density at radius 1 is 1.17 bits per heavy atom. The van der Waals surface area contributed by atoms with Crippen LogP contribution in [0.3, 0.4) is 0 Å². The molecule has 0 aromatic heterocycles. The summed E-state index contributed by atoms with van der Waals surface area (Å²) in [5.74, 6) is 0.632. The van der Waals surface area contributed by atoms with Crippen LogP contribution < -0.4 is 0 Å². The van der Waals surface area contributed by atoms with Gasteiger partial charge in [0.2, 0.25) is 0 Å². The number of fused-ring (bicyclic) bond motifs is 1. The zero-order chi connectivity index (χ0) is 21.9. The lowest BCUT2D eigenvalue weighted by atomic mass is 9.63. The van der Waals surface area contributed by atoms with Crippen LogP contribution in [0.2, 0.25) is 0 Å². The molecule has 2 heteroatoms. The molecular weight excluding hydrogens is 382 g/mol. The molecule has 1 nitrogen and oxygen atoms in total. The molecule has 1 fully saturated rings. The average molecular weight is 426 g/mol. The number of rotatable bonds is 7. The van der Waals surface area contributed by atoms with Crippen molar-refractivity contribution in [2.45, 2.75) is 90.9 Å². The summed E-state index contributed by atoms with van der Waals surface area (Å²) in [6, 6.07) is 7.21. The number of piperidine rings is 1. The molecule has 1 aromatic rings. The van der Waals surface area contributed by atoms with Crippen molar-refractivity contribution < 1.29 is 0 Å². The van der Waals surface area contributed by atoms with Crippen LogP contribution in [-0.2, 0) is 10.8 Å². The maximum atomic E-state index is 4.46. The Bertz CT molecular complexity index is 786. The molecule has 1 unspecified atom stereocenters. The van der Waals surface area contributed by atoms with Crippen LogP contribution in [0.25, 0.3) is 5.57 Å². The van der Waals surface area contributed by atoms with Gasteiger partial charge in [-0.05, 0) is 95.5 Å². The lowest BCUT2D eigenvalue weighted by Crippen LogP contribution is -2.36. The fourth-order valence-corrected chi connectivity index (χ4v) is 5.91. The van der Waals surface area contributed by atoms with Crippen LogP contribution in [0, 0.1) is 5.92 Å². The van der Waals surface area contributed by atoms with Gasteiger partial charge in [-0.15, -0.1) is 11.8 Å². The maximum Gasteiger partial charge on any atom is 0.00552 e. The van der Waals surface area contributed by atoms with Crippen LogP contribution in [-0.4, -0.2) is 24.5 Å². The minimum Gasteiger partial charge on any atom is -0.303 e. The first-order valence-electron chi connectivity index (χ1n) is 12.0. The summed E-state index contributed by atoms with van der Waals surface area (Å²) in [4.78, 5) is 3.99. The highest BCUT2D eigenvalue weighted by atomic mass is 32.2. The van der Waals surface area contributed by atoms with E-state index in [0.717, 1.165) is 0 Å². The van der Waals surface area contributed by atoms with Gasteiger partial charge in [0.1, 0.15) is 0 Å². The second-order valence-electron chi connectivity index (χ2n) is 10.9. The Morgan fingerprint density at radius 3 is 2.57 bits per heavy atom. The molecule has 0 amide bonds. The SMILES string of the molecule is C=C(S/C=C(\C)c1ccc2c(c1)C(C)(C)CCC2(C)C)C1CCCN(CCCC)C1. The third-order valence-electron chi connectivity index (χ3n) is 7.48. The molecule has 1 heterocycles. The lowest BCUT2D eigenvalue weighted by molar-refractivity contribution is 0.193. The first-order valence-corrected chi connectivity index (χ1v) is 12.9. The van der Waals surface area contributed by atoms with Gasteiger partial charge in [0.25, 0.3) is 0 Å². The van der Waals surface area contributed by atoms with Crippen molar-refractivity contribution in [3.05, 3.63) is 51.8 Å². The Morgan fingerprint density at radius 2 is 1.87 bits per heavy atom. The van der Waals surface area contributed by atoms with Crippen molar-refractivity contribution >= 4 is 17.3 Å². The number of benzene rings is 1.